The first-order valence-corrected chi connectivity index (χ1v) is 6.88. The van der Waals surface area contributed by atoms with Gasteiger partial charge in [-0.25, -0.2) is 0 Å². The van der Waals surface area contributed by atoms with Crippen molar-refractivity contribution in [1.82, 2.24) is 0 Å². The zero-order chi connectivity index (χ0) is 12.1. The van der Waals surface area contributed by atoms with Gasteiger partial charge in [-0.3, -0.25) is 0 Å². The lowest BCUT2D eigenvalue weighted by Crippen LogP contribution is -2.08. The third kappa shape index (κ3) is 3.84. The van der Waals surface area contributed by atoms with Crippen LogP contribution >= 0.6 is 11.8 Å². The number of thioether (sulfide) groups is 1. The number of rotatable bonds is 5. The van der Waals surface area contributed by atoms with Crippen LogP contribution in [0.4, 0.5) is 0 Å². The van der Waals surface area contributed by atoms with Crippen LogP contribution in [0.5, 0.6) is 0 Å². The van der Waals surface area contributed by atoms with E-state index in [0.717, 1.165) is 13.0 Å². The molecule has 0 aliphatic heterocycles. The Kier molecular flexibility index (Phi) is 5.36. The third-order valence-corrected chi connectivity index (χ3v) is 4.45. The van der Waals surface area contributed by atoms with Gasteiger partial charge in [0.1, 0.15) is 0 Å². The summed E-state index contributed by atoms with van der Waals surface area (Å²) in [6, 6.07) is 6.70. The van der Waals surface area contributed by atoms with E-state index in [1.165, 1.54) is 16.0 Å². The minimum atomic E-state index is 0.652. The van der Waals surface area contributed by atoms with Gasteiger partial charge in [0.15, 0.2) is 0 Å². The molecule has 0 fully saturated rings. The van der Waals surface area contributed by atoms with E-state index in [4.69, 9.17) is 5.73 Å². The second-order valence-electron chi connectivity index (χ2n) is 4.72. The summed E-state index contributed by atoms with van der Waals surface area (Å²) in [5, 5.41) is 0.652. The first-order chi connectivity index (χ1) is 7.54. The summed E-state index contributed by atoms with van der Waals surface area (Å²) in [5.41, 5.74) is 8.39. The number of benzene rings is 1. The maximum absolute atomic E-state index is 5.66. The normalized spacial score (nSPS) is 13.1. The summed E-state index contributed by atoms with van der Waals surface area (Å²) in [7, 11) is 0. The molecule has 16 heavy (non-hydrogen) atoms. The standard InChI is InChI=1S/C14H23NS/c1-10(2)12(4)16-14-6-5-11(3)9-13(14)7-8-15/h5-6,9-10,12H,7-8,15H2,1-4H3. The lowest BCUT2D eigenvalue weighted by molar-refractivity contribution is 0.642. The highest BCUT2D eigenvalue weighted by Gasteiger charge is 2.11. The predicted octanol–water partition coefficient (Wildman–Crippen LogP) is 3.63. The second-order valence-corrected chi connectivity index (χ2v) is 6.14. The lowest BCUT2D eigenvalue weighted by Gasteiger charge is -2.17. The molecule has 1 rings (SSSR count). The molecule has 0 saturated carbocycles. The maximum Gasteiger partial charge on any atom is 0.0107 e. The zero-order valence-electron chi connectivity index (χ0n) is 10.8. The largest absolute Gasteiger partial charge is 0.330 e. The minimum Gasteiger partial charge on any atom is -0.330 e. The summed E-state index contributed by atoms with van der Waals surface area (Å²) in [6.07, 6.45) is 0.981. The van der Waals surface area contributed by atoms with Gasteiger partial charge >= 0.3 is 0 Å². The van der Waals surface area contributed by atoms with E-state index in [-0.39, 0.29) is 0 Å². The van der Waals surface area contributed by atoms with Crippen LogP contribution in [-0.4, -0.2) is 11.8 Å². The first-order valence-electron chi connectivity index (χ1n) is 6.01. The Hall–Kier alpha value is -0.470. The molecule has 0 aliphatic carbocycles. The molecular formula is C14H23NS. The van der Waals surface area contributed by atoms with Crippen LogP contribution in [0.15, 0.2) is 23.1 Å². The molecule has 1 aromatic carbocycles. The molecule has 1 aromatic rings. The minimum absolute atomic E-state index is 0.652. The van der Waals surface area contributed by atoms with Crippen LogP contribution in [0.25, 0.3) is 0 Å². The van der Waals surface area contributed by atoms with Crippen molar-refractivity contribution in [2.75, 3.05) is 6.54 Å². The van der Waals surface area contributed by atoms with Crippen molar-refractivity contribution in [3.8, 4) is 0 Å². The summed E-state index contributed by atoms with van der Waals surface area (Å²) < 4.78 is 0. The lowest BCUT2D eigenvalue weighted by atomic mass is 10.1. The van der Waals surface area contributed by atoms with Crippen LogP contribution in [0, 0.1) is 12.8 Å². The average Bonchev–Trinajstić information content (AvgIpc) is 2.22. The fourth-order valence-corrected chi connectivity index (χ4v) is 2.64. The van der Waals surface area contributed by atoms with Gasteiger partial charge in [0, 0.05) is 10.1 Å². The monoisotopic (exact) mass is 237 g/mol. The summed E-state index contributed by atoms with van der Waals surface area (Å²) >= 11 is 1.97. The topological polar surface area (TPSA) is 26.0 Å². The maximum atomic E-state index is 5.66. The van der Waals surface area contributed by atoms with E-state index in [9.17, 15) is 0 Å². The Labute approximate surface area is 104 Å². The average molecular weight is 237 g/mol. The van der Waals surface area contributed by atoms with E-state index in [1.54, 1.807) is 0 Å². The quantitative estimate of drug-likeness (QED) is 0.791. The van der Waals surface area contributed by atoms with Crippen molar-refractivity contribution in [2.45, 2.75) is 44.3 Å². The predicted molar refractivity (Wildman–Crippen MR) is 74.1 cm³/mol. The summed E-state index contributed by atoms with van der Waals surface area (Å²) in [6.45, 7) is 9.71. The molecule has 0 amide bonds. The van der Waals surface area contributed by atoms with Gasteiger partial charge in [-0.1, -0.05) is 38.5 Å². The Balaban J connectivity index is 2.85. The molecule has 0 bridgehead atoms. The Morgan fingerprint density at radius 2 is 1.94 bits per heavy atom. The van der Waals surface area contributed by atoms with Gasteiger partial charge < -0.3 is 5.73 Å². The molecular weight excluding hydrogens is 214 g/mol. The smallest absolute Gasteiger partial charge is 0.0107 e. The Bertz CT molecular complexity index is 334. The highest BCUT2D eigenvalue weighted by atomic mass is 32.2. The van der Waals surface area contributed by atoms with Crippen molar-refractivity contribution in [3.05, 3.63) is 29.3 Å². The Morgan fingerprint density at radius 3 is 2.50 bits per heavy atom. The molecule has 2 heteroatoms. The van der Waals surface area contributed by atoms with Crippen molar-refractivity contribution >= 4 is 11.8 Å². The van der Waals surface area contributed by atoms with Gasteiger partial charge in [0.25, 0.3) is 0 Å². The fraction of sp³-hybridized carbons (Fsp3) is 0.571. The van der Waals surface area contributed by atoms with Crippen molar-refractivity contribution in [3.63, 3.8) is 0 Å². The molecule has 1 unspecified atom stereocenters. The SMILES string of the molecule is Cc1ccc(SC(C)C(C)C)c(CCN)c1. The molecule has 0 heterocycles. The van der Waals surface area contributed by atoms with Gasteiger partial charge in [-0.2, -0.15) is 0 Å². The molecule has 0 aliphatic rings. The molecule has 0 aromatic heterocycles. The van der Waals surface area contributed by atoms with E-state index < -0.39 is 0 Å². The van der Waals surface area contributed by atoms with Crippen molar-refractivity contribution in [1.29, 1.82) is 0 Å². The van der Waals surface area contributed by atoms with Gasteiger partial charge in [0.05, 0.1) is 0 Å². The van der Waals surface area contributed by atoms with E-state index in [2.05, 4.69) is 45.9 Å². The van der Waals surface area contributed by atoms with Crippen LogP contribution in [-0.2, 0) is 6.42 Å². The van der Waals surface area contributed by atoms with E-state index in [0.29, 0.717) is 11.2 Å². The van der Waals surface area contributed by atoms with E-state index >= 15 is 0 Å². The Morgan fingerprint density at radius 1 is 1.25 bits per heavy atom. The van der Waals surface area contributed by atoms with Gasteiger partial charge in [-0.05, 0) is 37.4 Å². The fourth-order valence-electron chi connectivity index (χ4n) is 1.51. The van der Waals surface area contributed by atoms with Crippen LogP contribution < -0.4 is 5.73 Å². The van der Waals surface area contributed by atoms with Crippen molar-refractivity contribution in [2.24, 2.45) is 11.7 Å². The molecule has 1 atom stereocenters. The first kappa shape index (κ1) is 13.6. The van der Waals surface area contributed by atoms with Gasteiger partial charge in [0.2, 0.25) is 0 Å². The molecule has 0 saturated heterocycles. The van der Waals surface area contributed by atoms with Crippen LogP contribution in [0.1, 0.15) is 31.9 Å². The highest BCUT2D eigenvalue weighted by Crippen LogP contribution is 2.31. The molecule has 0 spiro atoms. The van der Waals surface area contributed by atoms with Crippen LogP contribution in [0.3, 0.4) is 0 Å². The van der Waals surface area contributed by atoms with E-state index in [1.807, 2.05) is 11.8 Å². The summed E-state index contributed by atoms with van der Waals surface area (Å²) in [4.78, 5) is 1.40. The number of aryl methyl sites for hydroxylation is 1. The van der Waals surface area contributed by atoms with Crippen molar-refractivity contribution < 1.29 is 0 Å². The number of nitrogens with two attached hydrogens (primary N) is 1. The number of hydrogen-bond donors (Lipinski definition) is 1. The third-order valence-electron chi connectivity index (χ3n) is 2.88. The molecule has 90 valence electrons. The summed E-state index contributed by atoms with van der Waals surface area (Å²) in [5.74, 6) is 0.706. The molecule has 0 radical (unpaired) electrons. The number of hydrogen-bond acceptors (Lipinski definition) is 2. The highest BCUT2D eigenvalue weighted by molar-refractivity contribution is 8.00. The molecule has 2 N–H and O–H groups in total. The van der Waals surface area contributed by atoms with Gasteiger partial charge in [-0.15, -0.1) is 11.8 Å². The second kappa shape index (κ2) is 6.31. The molecule has 1 nitrogen and oxygen atoms in total. The zero-order valence-corrected chi connectivity index (χ0v) is 11.6. The van der Waals surface area contributed by atoms with Crippen LogP contribution in [0.2, 0.25) is 0 Å².